The Morgan fingerprint density at radius 1 is 0.852 bits per heavy atom. The first kappa shape index (κ1) is 17.0. The molecule has 134 valence electrons. The van der Waals surface area contributed by atoms with Gasteiger partial charge in [-0.05, 0) is 29.8 Å². The number of anilines is 1. The summed E-state index contributed by atoms with van der Waals surface area (Å²) in [5.74, 6) is 0.110. The van der Waals surface area contributed by atoms with Crippen molar-refractivity contribution in [2.45, 2.75) is 12.0 Å². The van der Waals surface area contributed by atoms with E-state index in [0.717, 1.165) is 5.56 Å². The molecule has 3 aromatic rings. The second-order valence-corrected chi connectivity index (χ2v) is 6.47. The maximum absolute atomic E-state index is 13.2. The third kappa shape index (κ3) is 2.99. The van der Waals surface area contributed by atoms with Crippen LogP contribution in [0, 0.1) is 0 Å². The van der Waals surface area contributed by atoms with E-state index in [4.69, 9.17) is 4.74 Å². The Labute approximate surface area is 158 Å². The highest BCUT2D eigenvalue weighted by Gasteiger charge is 2.52. The molecule has 0 aromatic heterocycles. The molecule has 1 saturated heterocycles. The largest absolute Gasteiger partial charge is 0.497 e. The first-order valence-corrected chi connectivity index (χ1v) is 8.82. The lowest BCUT2D eigenvalue weighted by Gasteiger charge is -2.46. The van der Waals surface area contributed by atoms with Gasteiger partial charge >= 0.3 is 0 Å². The predicted octanol–water partition coefficient (Wildman–Crippen LogP) is 4.08. The van der Waals surface area contributed by atoms with Gasteiger partial charge in [-0.25, -0.2) is 0 Å². The number of methoxy groups -OCH3 is 1. The van der Waals surface area contributed by atoms with Crippen LogP contribution in [0.3, 0.4) is 0 Å². The summed E-state index contributed by atoms with van der Waals surface area (Å²) in [7, 11) is 1.59. The van der Waals surface area contributed by atoms with E-state index in [1.54, 1.807) is 36.3 Å². The summed E-state index contributed by atoms with van der Waals surface area (Å²) in [4.78, 5) is 27.8. The monoisotopic (exact) mass is 357 g/mol. The molecule has 0 aliphatic carbocycles. The van der Waals surface area contributed by atoms with Crippen LogP contribution >= 0.6 is 0 Å². The fraction of sp³-hybridized carbons (Fsp3) is 0.130. The molecule has 1 amide bonds. The van der Waals surface area contributed by atoms with Crippen molar-refractivity contribution in [3.8, 4) is 5.75 Å². The maximum Gasteiger partial charge on any atom is 0.237 e. The Morgan fingerprint density at radius 2 is 1.44 bits per heavy atom. The van der Waals surface area contributed by atoms with Gasteiger partial charge in [0.05, 0.1) is 13.0 Å². The quantitative estimate of drug-likeness (QED) is 0.511. The van der Waals surface area contributed by atoms with Crippen LogP contribution in [0.5, 0.6) is 5.75 Å². The first-order chi connectivity index (χ1) is 13.2. The highest BCUT2D eigenvalue weighted by molar-refractivity contribution is 6.19. The van der Waals surface area contributed by atoms with Crippen LogP contribution in [0.2, 0.25) is 0 Å². The van der Waals surface area contributed by atoms with Crippen molar-refractivity contribution < 1.29 is 14.3 Å². The molecule has 4 rings (SSSR count). The molecule has 27 heavy (non-hydrogen) atoms. The SMILES string of the molecule is COc1ccc(N2C(=O)C(c3ccccc3)C2C(=O)c2ccccc2)cc1. The van der Waals surface area contributed by atoms with Crippen LogP contribution in [-0.4, -0.2) is 24.8 Å². The van der Waals surface area contributed by atoms with E-state index in [2.05, 4.69) is 0 Å². The Kier molecular flexibility index (Phi) is 4.47. The molecule has 1 fully saturated rings. The Morgan fingerprint density at radius 3 is 2.04 bits per heavy atom. The zero-order valence-corrected chi connectivity index (χ0v) is 14.9. The summed E-state index contributed by atoms with van der Waals surface area (Å²) in [6.07, 6.45) is 0. The Hall–Kier alpha value is -3.40. The van der Waals surface area contributed by atoms with E-state index in [1.807, 2.05) is 60.7 Å². The van der Waals surface area contributed by atoms with Crippen molar-refractivity contribution in [3.63, 3.8) is 0 Å². The highest BCUT2D eigenvalue weighted by Crippen LogP contribution is 2.41. The average Bonchev–Trinajstić information content (AvgIpc) is 2.73. The molecule has 3 aromatic carbocycles. The van der Waals surface area contributed by atoms with Crippen LogP contribution in [0.1, 0.15) is 21.8 Å². The number of nitrogens with zero attached hydrogens (tertiary/aromatic N) is 1. The molecular weight excluding hydrogens is 338 g/mol. The number of β-lactam (4-membered cyclic amide) rings is 1. The third-order valence-corrected chi connectivity index (χ3v) is 4.93. The van der Waals surface area contributed by atoms with Gasteiger partial charge in [-0.3, -0.25) is 14.5 Å². The van der Waals surface area contributed by atoms with E-state index >= 15 is 0 Å². The number of hydrogen-bond acceptors (Lipinski definition) is 3. The van der Waals surface area contributed by atoms with Crippen molar-refractivity contribution in [2.24, 2.45) is 0 Å². The smallest absolute Gasteiger partial charge is 0.237 e. The van der Waals surface area contributed by atoms with Crippen molar-refractivity contribution in [2.75, 3.05) is 12.0 Å². The molecule has 0 radical (unpaired) electrons. The zero-order valence-electron chi connectivity index (χ0n) is 14.9. The molecule has 4 nitrogen and oxygen atoms in total. The number of carbonyl (C=O) groups excluding carboxylic acids is 2. The van der Waals surface area contributed by atoms with Crippen molar-refractivity contribution in [1.82, 2.24) is 0 Å². The molecule has 0 N–H and O–H groups in total. The number of carbonyl (C=O) groups is 2. The third-order valence-electron chi connectivity index (χ3n) is 4.93. The standard InChI is InChI=1S/C23H19NO3/c1-27-19-14-12-18(13-15-19)24-21(22(25)17-10-6-3-7-11-17)20(23(24)26)16-8-4-2-5-9-16/h2-15,20-21H,1H3. The van der Waals surface area contributed by atoms with E-state index in [9.17, 15) is 9.59 Å². The van der Waals surface area contributed by atoms with Gasteiger partial charge in [-0.2, -0.15) is 0 Å². The molecule has 0 saturated carbocycles. The number of ketones is 1. The second-order valence-electron chi connectivity index (χ2n) is 6.47. The van der Waals surface area contributed by atoms with Crippen LogP contribution in [-0.2, 0) is 4.79 Å². The van der Waals surface area contributed by atoms with Gasteiger partial charge in [-0.15, -0.1) is 0 Å². The fourth-order valence-electron chi connectivity index (χ4n) is 3.55. The van der Waals surface area contributed by atoms with Crippen LogP contribution in [0.15, 0.2) is 84.9 Å². The lowest BCUT2D eigenvalue weighted by molar-refractivity contribution is -0.125. The van der Waals surface area contributed by atoms with Gasteiger partial charge in [0.25, 0.3) is 0 Å². The molecule has 2 atom stereocenters. The molecule has 1 aliphatic heterocycles. The van der Waals surface area contributed by atoms with Gasteiger partial charge in [0.1, 0.15) is 11.8 Å². The fourth-order valence-corrected chi connectivity index (χ4v) is 3.55. The second kappa shape index (κ2) is 7.08. The maximum atomic E-state index is 13.2. The summed E-state index contributed by atoms with van der Waals surface area (Å²) < 4.78 is 5.19. The average molecular weight is 357 g/mol. The molecule has 2 unspecified atom stereocenters. The lowest BCUT2D eigenvalue weighted by Crippen LogP contribution is -2.63. The molecule has 0 spiro atoms. The summed E-state index contributed by atoms with van der Waals surface area (Å²) >= 11 is 0. The molecular formula is C23H19NO3. The molecule has 1 heterocycles. The predicted molar refractivity (Wildman–Crippen MR) is 104 cm³/mol. The number of benzene rings is 3. The number of hydrogen-bond donors (Lipinski definition) is 0. The Balaban J connectivity index is 1.73. The van der Waals surface area contributed by atoms with Gasteiger partial charge in [0.2, 0.25) is 5.91 Å². The van der Waals surface area contributed by atoms with Gasteiger partial charge in [0.15, 0.2) is 5.78 Å². The van der Waals surface area contributed by atoms with E-state index < -0.39 is 12.0 Å². The first-order valence-electron chi connectivity index (χ1n) is 8.82. The zero-order chi connectivity index (χ0) is 18.8. The normalized spacial score (nSPS) is 18.7. The molecule has 0 bridgehead atoms. The molecule has 4 heteroatoms. The van der Waals surface area contributed by atoms with Gasteiger partial charge in [0, 0.05) is 11.3 Å². The highest BCUT2D eigenvalue weighted by atomic mass is 16.5. The minimum absolute atomic E-state index is 0.0557. The van der Waals surface area contributed by atoms with Crippen LogP contribution < -0.4 is 9.64 Å². The van der Waals surface area contributed by atoms with E-state index in [0.29, 0.717) is 17.0 Å². The number of rotatable bonds is 5. The number of Topliss-reactive ketones (excluding diaryl/α,β-unsaturated/α-hetero) is 1. The van der Waals surface area contributed by atoms with Crippen molar-refractivity contribution >= 4 is 17.4 Å². The topological polar surface area (TPSA) is 46.6 Å². The van der Waals surface area contributed by atoms with E-state index in [-0.39, 0.29) is 11.7 Å². The van der Waals surface area contributed by atoms with Crippen molar-refractivity contribution in [1.29, 1.82) is 0 Å². The summed E-state index contributed by atoms with van der Waals surface area (Å²) in [5, 5.41) is 0. The minimum atomic E-state index is -0.560. The Bertz CT molecular complexity index is 952. The van der Waals surface area contributed by atoms with Crippen LogP contribution in [0.4, 0.5) is 5.69 Å². The van der Waals surface area contributed by atoms with Gasteiger partial charge < -0.3 is 4.74 Å². The van der Waals surface area contributed by atoms with E-state index in [1.165, 1.54) is 0 Å². The van der Waals surface area contributed by atoms with Gasteiger partial charge in [-0.1, -0.05) is 60.7 Å². The number of ether oxygens (including phenoxy) is 1. The summed E-state index contributed by atoms with van der Waals surface area (Å²) in [6, 6.07) is 25.3. The summed E-state index contributed by atoms with van der Waals surface area (Å²) in [5.41, 5.74) is 2.17. The minimum Gasteiger partial charge on any atom is -0.497 e. The number of amides is 1. The van der Waals surface area contributed by atoms with Crippen molar-refractivity contribution in [3.05, 3.63) is 96.1 Å². The lowest BCUT2D eigenvalue weighted by atomic mass is 9.77. The summed E-state index contributed by atoms with van der Waals surface area (Å²) in [6.45, 7) is 0. The van der Waals surface area contributed by atoms with Crippen LogP contribution in [0.25, 0.3) is 0 Å². The molecule has 1 aliphatic rings.